The van der Waals surface area contributed by atoms with E-state index in [2.05, 4.69) is 16.0 Å². The maximum Gasteiger partial charge on any atom is 0.255 e. The minimum absolute atomic E-state index is 0.0241. The highest BCUT2D eigenvalue weighted by Crippen LogP contribution is 2.53. The summed E-state index contributed by atoms with van der Waals surface area (Å²) < 4.78 is 15.4. The Morgan fingerprint density at radius 3 is 2.50 bits per heavy atom. The maximum atomic E-state index is 15.4. The van der Waals surface area contributed by atoms with Crippen LogP contribution in [0.3, 0.4) is 0 Å². The number of aromatic hydroxyl groups is 1. The number of amides is 2. The number of carbonyl (C=O) groups is 4. The molecule has 1 aromatic rings. The van der Waals surface area contributed by atoms with Crippen molar-refractivity contribution in [2.45, 2.75) is 37.3 Å². The number of nitrogens with two attached hydrogens (primary N) is 1. The zero-order valence-electron chi connectivity index (χ0n) is 23.0. The van der Waals surface area contributed by atoms with Crippen molar-refractivity contribution < 1.29 is 44.0 Å². The number of Topliss-reactive ketones (excluding diaryl/α,β-unsaturated/α-hetero) is 2. The summed E-state index contributed by atoms with van der Waals surface area (Å²) in [5.41, 5.74) is 0.332. The van der Waals surface area contributed by atoms with Crippen molar-refractivity contribution in [1.29, 1.82) is 0 Å². The van der Waals surface area contributed by atoms with Crippen molar-refractivity contribution in [2.75, 3.05) is 45.1 Å². The molecule has 14 heteroatoms. The van der Waals surface area contributed by atoms with Crippen LogP contribution in [0.2, 0.25) is 0 Å². The number of primary amides is 1. The van der Waals surface area contributed by atoms with Gasteiger partial charge >= 0.3 is 0 Å². The molecule has 1 aromatic carbocycles. The van der Waals surface area contributed by atoms with Gasteiger partial charge in [-0.25, -0.2) is 4.39 Å². The number of phenols is 1. The van der Waals surface area contributed by atoms with E-state index in [0.717, 1.165) is 32.0 Å². The maximum absolute atomic E-state index is 15.4. The van der Waals surface area contributed by atoms with Crippen LogP contribution in [0.5, 0.6) is 5.75 Å². The summed E-state index contributed by atoms with van der Waals surface area (Å²) >= 11 is 0. The largest absolute Gasteiger partial charge is 0.508 e. The van der Waals surface area contributed by atoms with E-state index in [0.29, 0.717) is 6.54 Å². The van der Waals surface area contributed by atoms with Crippen molar-refractivity contribution in [1.82, 2.24) is 15.5 Å². The van der Waals surface area contributed by atoms with Crippen LogP contribution in [0.4, 0.5) is 10.1 Å². The normalized spacial score (nSPS) is 27.5. The average Bonchev–Trinajstić information content (AvgIpc) is 3.43. The number of aliphatic hydroxyl groups excluding tert-OH is 2. The van der Waals surface area contributed by atoms with Gasteiger partial charge in [-0.1, -0.05) is 0 Å². The molecule has 0 radical (unpaired) electrons. The molecular formula is C28H34FN5O8. The molecule has 0 bridgehead atoms. The van der Waals surface area contributed by atoms with Crippen LogP contribution in [0.15, 0.2) is 23.0 Å². The van der Waals surface area contributed by atoms with E-state index < -0.39 is 86.7 Å². The third kappa shape index (κ3) is 4.64. The number of aliphatic hydroxyl groups is 3. The SMILES string of the molecule is CNCCN[C@@H]1C(=O)C(C(N)=O)=C(O)[C@@]2(O)C(=O)C3=C(O)c4c(O)c(NC(=O)CN5CCCC5)cc(F)c4C[C@H]3C[C@@H]12. The zero-order chi connectivity index (χ0) is 30.5. The fourth-order valence-corrected chi connectivity index (χ4v) is 6.72. The first-order valence-electron chi connectivity index (χ1n) is 13.8. The Bertz CT molecular complexity index is 1440. The first-order valence-corrected chi connectivity index (χ1v) is 13.8. The number of anilines is 1. The highest BCUT2D eigenvalue weighted by atomic mass is 19.1. The number of nitrogens with zero attached hydrogens (tertiary/aromatic N) is 1. The fraction of sp³-hybridized carbons (Fsp3) is 0.500. The van der Waals surface area contributed by atoms with Gasteiger partial charge in [-0.2, -0.15) is 0 Å². The molecule has 42 heavy (non-hydrogen) atoms. The van der Waals surface area contributed by atoms with Crippen LogP contribution in [0.1, 0.15) is 30.4 Å². The summed E-state index contributed by atoms with van der Waals surface area (Å²) in [5.74, 6) is -9.74. The summed E-state index contributed by atoms with van der Waals surface area (Å²) in [7, 11) is 1.67. The first kappa shape index (κ1) is 29.6. The van der Waals surface area contributed by atoms with Crippen LogP contribution in [0, 0.1) is 17.7 Å². The van der Waals surface area contributed by atoms with E-state index in [-0.39, 0.29) is 37.2 Å². The molecule has 9 N–H and O–H groups in total. The molecule has 1 saturated carbocycles. The quantitative estimate of drug-likeness (QED) is 0.109. The lowest BCUT2D eigenvalue weighted by Crippen LogP contribution is -2.66. The van der Waals surface area contributed by atoms with Gasteiger partial charge in [0.15, 0.2) is 17.1 Å². The van der Waals surface area contributed by atoms with Crippen LogP contribution in [-0.4, -0.2) is 100 Å². The van der Waals surface area contributed by atoms with Gasteiger partial charge in [-0.05, 0) is 51.7 Å². The third-order valence-corrected chi connectivity index (χ3v) is 8.72. The van der Waals surface area contributed by atoms with Gasteiger partial charge in [-0.3, -0.25) is 24.1 Å². The Balaban J connectivity index is 1.56. The molecule has 4 aliphatic rings. The van der Waals surface area contributed by atoms with E-state index in [1.807, 2.05) is 4.90 Å². The number of hydrogen-bond acceptors (Lipinski definition) is 11. The van der Waals surface area contributed by atoms with E-state index in [4.69, 9.17) is 5.73 Å². The standard InChI is InChI=1S/C28H34FN5O8/c1-31-4-5-32-21-14-9-12-8-13-15(29)10-16(33-17(35)11-34-6-2-3-7-34)22(36)19(13)23(37)18(12)25(39)28(14,42)26(40)20(24(21)38)27(30)41/h10,12,14,21,31-32,36-37,40,42H,2-9,11H2,1H3,(H2,30,41)(H,33,35)/t12-,14-,21-,28-/m0/s1. The van der Waals surface area contributed by atoms with Gasteiger partial charge in [0.25, 0.3) is 5.91 Å². The number of fused-ring (bicyclic) bond motifs is 3. The average molecular weight is 588 g/mol. The number of carbonyl (C=O) groups excluding carboxylic acids is 4. The van der Waals surface area contributed by atoms with Gasteiger partial charge in [0, 0.05) is 36.2 Å². The molecule has 2 fully saturated rings. The Kier molecular flexibility index (Phi) is 7.83. The Hall–Kier alpha value is -3.85. The van der Waals surface area contributed by atoms with Crippen molar-refractivity contribution in [3.63, 3.8) is 0 Å². The Morgan fingerprint density at radius 1 is 1.17 bits per heavy atom. The number of likely N-dealkylation sites (N-methyl/N-ethyl adjacent to an activating group) is 1. The molecule has 1 aliphatic heterocycles. The molecule has 0 aromatic heterocycles. The lowest BCUT2D eigenvalue weighted by molar-refractivity contribution is -0.150. The molecular weight excluding hydrogens is 553 g/mol. The Morgan fingerprint density at radius 2 is 1.86 bits per heavy atom. The molecule has 3 aliphatic carbocycles. The third-order valence-electron chi connectivity index (χ3n) is 8.72. The van der Waals surface area contributed by atoms with E-state index in [1.165, 1.54) is 0 Å². The number of hydrogen-bond donors (Lipinski definition) is 8. The van der Waals surface area contributed by atoms with Gasteiger partial charge in [0.05, 0.1) is 23.8 Å². The topological polar surface area (TPSA) is 215 Å². The highest BCUT2D eigenvalue weighted by Gasteiger charge is 2.63. The van der Waals surface area contributed by atoms with Crippen molar-refractivity contribution in [2.24, 2.45) is 17.6 Å². The monoisotopic (exact) mass is 587 g/mol. The number of rotatable bonds is 8. The van der Waals surface area contributed by atoms with Gasteiger partial charge < -0.3 is 42.1 Å². The van der Waals surface area contributed by atoms with Crippen LogP contribution >= 0.6 is 0 Å². The number of likely N-dealkylation sites (tertiary alicyclic amines) is 1. The summed E-state index contributed by atoms with van der Waals surface area (Å²) in [6, 6.07) is -0.364. The summed E-state index contributed by atoms with van der Waals surface area (Å²) in [6.45, 7) is 2.06. The van der Waals surface area contributed by atoms with E-state index in [1.54, 1.807) is 7.05 Å². The van der Waals surface area contributed by atoms with Gasteiger partial charge in [0.1, 0.15) is 22.9 Å². The first-order chi connectivity index (χ1) is 19.9. The molecule has 1 saturated heterocycles. The van der Waals surface area contributed by atoms with Crippen LogP contribution < -0.4 is 21.7 Å². The molecule has 2 amide bonds. The van der Waals surface area contributed by atoms with Crippen molar-refractivity contribution in [3.8, 4) is 5.75 Å². The molecule has 13 nitrogen and oxygen atoms in total. The van der Waals surface area contributed by atoms with Crippen LogP contribution in [0.25, 0.3) is 5.76 Å². The number of ketones is 2. The molecule has 1 heterocycles. The Labute approximate surface area is 240 Å². The minimum atomic E-state index is -2.82. The number of benzene rings is 1. The molecule has 226 valence electrons. The van der Waals surface area contributed by atoms with Crippen LogP contribution in [-0.2, 0) is 25.6 Å². The minimum Gasteiger partial charge on any atom is -0.508 e. The highest BCUT2D eigenvalue weighted by molar-refractivity contribution is 6.24. The number of halogens is 1. The second-order valence-electron chi connectivity index (χ2n) is 11.2. The molecule has 5 rings (SSSR count). The second kappa shape index (κ2) is 11.1. The predicted octanol–water partition coefficient (Wildman–Crippen LogP) is -0.615. The summed E-state index contributed by atoms with van der Waals surface area (Å²) in [5, 5.41) is 53.2. The van der Waals surface area contributed by atoms with Crippen molar-refractivity contribution in [3.05, 3.63) is 39.9 Å². The van der Waals surface area contributed by atoms with Crippen molar-refractivity contribution >= 4 is 34.8 Å². The predicted molar refractivity (Wildman–Crippen MR) is 147 cm³/mol. The van der Waals surface area contributed by atoms with Gasteiger partial charge in [-0.15, -0.1) is 0 Å². The van der Waals surface area contributed by atoms with E-state index >= 15 is 4.39 Å². The molecule has 4 atom stereocenters. The summed E-state index contributed by atoms with van der Waals surface area (Å²) in [6.07, 6.45) is 1.53. The molecule has 0 spiro atoms. The lowest BCUT2D eigenvalue weighted by Gasteiger charge is -2.49. The summed E-state index contributed by atoms with van der Waals surface area (Å²) in [4.78, 5) is 53.8. The molecule has 0 unspecified atom stereocenters. The fourth-order valence-electron chi connectivity index (χ4n) is 6.72. The van der Waals surface area contributed by atoms with E-state index in [9.17, 15) is 39.6 Å². The zero-order valence-corrected chi connectivity index (χ0v) is 23.0. The smallest absolute Gasteiger partial charge is 0.255 e. The number of phenolic OH excluding ortho intramolecular Hbond substituents is 1. The van der Waals surface area contributed by atoms with Gasteiger partial charge in [0.2, 0.25) is 11.7 Å². The number of nitrogens with one attached hydrogen (secondary N) is 3. The second-order valence-corrected chi connectivity index (χ2v) is 11.2. The lowest BCUT2D eigenvalue weighted by atomic mass is 9.57.